The van der Waals surface area contributed by atoms with Gasteiger partial charge in [0.1, 0.15) is 11.9 Å². The lowest BCUT2D eigenvalue weighted by atomic mass is 10.2. The summed E-state index contributed by atoms with van der Waals surface area (Å²) in [5, 5.41) is 11.9. The molecule has 2 heterocycles. The minimum atomic E-state index is -0.278. The SMILES string of the molecule is N#Cc1ccc(Nc2cccc(Cn3cccnc3=O)c2)nc1. The smallest absolute Gasteiger partial charge is 0.340 e. The van der Waals surface area contributed by atoms with E-state index in [9.17, 15) is 4.79 Å². The molecule has 2 aromatic heterocycles. The summed E-state index contributed by atoms with van der Waals surface area (Å²) in [5.74, 6) is 0.652. The molecule has 0 unspecified atom stereocenters. The average Bonchev–Trinajstić information content (AvgIpc) is 2.58. The number of nitrogens with zero attached hydrogens (tertiary/aromatic N) is 4. The van der Waals surface area contributed by atoms with Crippen molar-refractivity contribution in [2.75, 3.05) is 5.32 Å². The number of hydrogen-bond donors (Lipinski definition) is 1. The number of hydrogen-bond acceptors (Lipinski definition) is 5. The Bertz CT molecular complexity index is 909. The lowest BCUT2D eigenvalue weighted by Crippen LogP contribution is -2.21. The second-order valence-corrected chi connectivity index (χ2v) is 4.90. The lowest BCUT2D eigenvalue weighted by Gasteiger charge is -2.09. The Hall–Kier alpha value is -3.46. The fraction of sp³-hybridized carbons (Fsp3) is 0.0588. The van der Waals surface area contributed by atoms with E-state index >= 15 is 0 Å². The van der Waals surface area contributed by atoms with E-state index in [-0.39, 0.29) is 5.69 Å². The maximum atomic E-state index is 11.7. The summed E-state index contributed by atoms with van der Waals surface area (Å²) >= 11 is 0. The van der Waals surface area contributed by atoms with Gasteiger partial charge < -0.3 is 5.32 Å². The van der Waals surface area contributed by atoms with Crippen LogP contribution in [0.3, 0.4) is 0 Å². The van der Waals surface area contributed by atoms with Crippen LogP contribution in [0.2, 0.25) is 0 Å². The zero-order valence-corrected chi connectivity index (χ0v) is 12.2. The molecule has 0 saturated heterocycles. The van der Waals surface area contributed by atoms with Crippen LogP contribution in [0.15, 0.2) is 65.8 Å². The number of pyridine rings is 1. The third kappa shape index (κ3) is 3.60. The number of benzene rings is 1. The third-order valence-corrected chi connectivity index (χ3v) is 3.23. The molecular weight excluding hydrogens is 290 g/mol. The van der Waals surface area contributed by atoms with Crippen LogP contribution >= 0.6 is 0 Å². The molecule has 3 aromatic rings. The monoisotopic (exact) mass is 303 g/mol. The largest absolute Gasteiger partial charge is 0.347 e. The number of nitrogens with one attached hydrogen (secondary N) is 1. The van der Waals surface area contributed by atoms with Crippen LogP contribution in [-0.4, -0.2) is 14.5 Å². The van der Waals surface area contributed by atoms with Crippen LogP contribution in [0.4, 0.5) is 11.5 Å². The molecule has 1 N–H and O–H groups in total. The van der Waals surface area contributed by atoms with Gasteiger partial charge in [0.25, 0.3) is 0 Å². The molecule has 23 heavy (non-hydrogen) atoms. The van der Waals surface area contributed by atoms with E-state index in [0.717, 1.165) is 11.3 Å². The molecule has 112 valence electrons. The first-order valence-electron chi connectivity index (χ1n) is 6.98. The van der Waals surface area contributed by atoms with E-state index < -0.39 is 0 Å². The molecule has 0 aliphatic carbocycles. The predicted molar refractivity (Wildman–Crippen MR) is 86.3 cm³/mol. The second kappa shape index (κ2) is 6.54. The van der Waals surface area contributed by atoms with Crippen LogP contribution < -0.4 is 11.0 Å². The number of aromatic nitrogens is 3. The van der Waals surface area contributed by atoms with E-state index in [1.165, 1.54) is 12.4 Å². The molecular formula is C17H13N5O. The lowest BCUT2D eigenvalue weighted by molar-refractivity contribution is 0.727. The summed E-state index contributed by atoms with van der Waals surface area (Å²) in [4.78, 5) is 19.6. The molecule has 6 heteroatoms. The average molecular weight is 303 g/mol. The normalized spacial score (nSPS) is 10.0. The first-order valence-corrected chi connectivity index (χ1v) is 6.98. The van der Waals surface area contributed by atoms with Crippen molar-refractivity contribution in [2.24, 2.45) is 0 Å². The summed E-state index contributed by atoms with van der Waals surface area (Å²) in [6.07, 6.45) is 4.70. The van der Waals surface area contributed by atoms with Crippen molar-refractivity contribution < 1.29 is 0 Å². The highest BCUT2D eigenvalue weighted by molar-refractivity contribution is 5.57. The third-order valence-electron chi connectivity index (χ3n) is 3.23. The highest BCUT2D eigenvalue weighted by atomic mass is 16.1. The Kier molecular flexibility index (Phi) is 4.11. The minimum Gasteiger partial charge on any atom is -0.340 e. The van der Waals surface area contributed by atoms with Gasteiger partial charge in [-0.3, -0.25) is 4.57 Å². The minimum absolute atomic E-state index is 0.278. The van der Waals surface area contributed by atoms with Gasteiger partial charge in [0.05, 0.1) is 12.1 Å². The van der Waals surface area contributed by atoms with Crippen LogP contribution in [0.25, 0.3) is 0 Å². The summed E-state index contributed by atoms with van der Waals surface area (Å²) in [7, 11) is 0. The molecule has 0 saturated carbocycles. The molecule has 1 aromatic carbocycles. The molecule has 0 bridgehead atoms. The van der Waals surface area contributed by atoms with Gasteiger partial charge in [0.2, 0.25) is 0 Å². The molecule has 0 radical (unpaired) electrons. The van der Waals surface area contributed by atoms with Gasteiger partial charge in [-0.2, -0.15) is 5.26 Å². The summed E-state index contributed by atoms with van der Waals surface area (Å²) in [6.45, 7) is 0.447. The van der Waals surface area contributed by atoms with Crippen molar-refractivity contribution in [3.8, 4) is 6.07 Å². The molecule has 0 amide bonds. The zero-order chi connectivity index (χ0) is 16.1. The number of nitriles is 1. The highest BCUT2D eigenvalue weighted by Gasteiger charge is 2.01. The van der Waals surface area contributed by atoms with Crippen molar-refractivity contribution in [1.29, 1.82) is 5.26 Å². The Labute approximate surface area is 132 Å². The van der Waals surface area contributed by atoms with E-state index in [0.29, 0.717) is 17.9 Å². The fourth-order valence-corrected chi connectivity index (χ4v) is 2.13. The summed E-state index contributed by atoms with van der Waals surface area (Å²) in [6, 6.07) is 14.9. The van der Waals surface area contributed by atoms with Crippen molar-refractivity contribution >= 4 is 11.5 Å². The van der Waals surface area contributed by atoms with E-state index in [1.54, 1.807) is 29.0 Å². The first-order chi connectivity index (χ1) is 11.2. The maximum Gasteiger partial charge on any atom is 0.347 e. The molecule has 0 atom stereocenters. The first kappa shape index (κ1) is 14.5. The van der Waals surface area contributed by atoms with Gasteiger partial charge in [-0.15, -0.1) is 0 Å². The molecule has 0 fully saturated rings. The Morgan fingerprint density at radius 1 is 1.17 bits per heavy atom. The van der Waals surface area contributed by atoms with E-state index in [4.69, 9.17) is 5.26 Å². The van der Waals surface area contributed by atoms with E-state index in [2.05, 4.69) is 15.3 Å². The van der Waals surface area contributed by atoms with Crippen LogP contribution in [0, 0.1) is 11.3 Å². The van der Waals surface area contributed by atoms with Gasteiger partial charge >= 0.3 is 5.69 Å². The Morgan fingerprint density at radius 3 is 2.83 bits per heavy atom. The molecule has 0 aliphatic rings. The molecule has 0 spiro atoms. The van der Waals surface area contributed by atoms with Crippen molar-refractivity contribution in [3.63, 3.8) is 0 Å². The Balaban J connectivity index is 1.78. The van der Waals surface area contributed by atoms with Gasteiger partial charge in [-0.1, -0.05) is 12.1 Å². The quantitative estimate of drug-likeness (QED) is 0.799. The van der Waals surface area contributed by atoms with Crippen LogP contribution in [0.5, 0.6) is 0 Å². The zero-order valence-electron chi connectivity index (χ0n) is 12.2. The standard InChI is InChI=1S/C17H13N5O/c18-10-14-5-6-16(20-11-14)21-15-4-1-3-13(9-15)12-22-8-2-7-19-17(22)23/h1-9,11H,12H2,(H,20,21). The van der Waals surface area contributed by atoms with Crippen LogP contribution in [-0.2, 0) is 6.54 Å². The van der Waals surface area contributed by atoms with Gasteiger partial charge in [-0.25, -0.2) is 14.8 Å². The van der Waals surface area contributed by atoms with Gasteiger partial charge in [-0.05, 0) is 35.9 Å². The van der Waals surface area contributed by atoms with Gasteiger partial charge in [0.15, 0.2) is 0 Å². The van der Waals surface area contributed by atoms with Crippen molar-refractivity contribution in [1.82, 2.24) is 14.5 Å². The molecule has 6 nitrogen and oxygen atoms in total. The van der Waals surface area contributed by atoms with Crippen LogP contribution in [0.1, 0.15) is 11.1 Å². The maximum absolute atomic E-state index is 11.7. The van der Waals surface area contributed by atoms with Gasteiger partial charge in [0, 0.05) is 24.3 Å². The number of rotatable bonds is 4. The second-order valence-electron chi connectivity index (χ2n) is 4.90. The predicted octanol–water partition coefficient (Wildman–Crippen LogP) is 2.30. The topological polar surface area (TPSA) is 83.6 Å². The highest BCUT2D eigenvalue weighted by Crippen LogP contribution is 2.16. The number of anilines is 2. The summed E-state index contributed by atoms with van der Waals surface area (Å²) < 4.78 is 1.54. The van der Waals surface area contributed by atoms with Crippen molar-refractivity contribution in [3.05, 3.63) is 82.7 Å². The Morgan fingerprint density at radius 2 is 2.09 bits per heavy atom. The van der Waals surface area contributed by atoms with Crippen molar-refractivity contribution in [2.45, 2.75) is 6.54 Å². The molecule has 0 aliphatic heterocycles. The molecule has 3 rings (SSSR count). The van der Waals surface area contributed by atoms with E-state index in [1.807, 2.05) is 30.3 Å². The fourth-order valence-electron chi connectivity index (χ4n) is 2.13. The summed E-state index contributed by atoms with van der Waals surface area (Å²) in [5.41, 5.74) is 2.07.